The molecular weight excluding hydrogens is 354 g/mol. The molecule has 1 aromatic carbocycles. The molecule has 0 aliphatic rings. The number of unbranched alkanes of at least 4 members (excludes halogenated alkanes) is 3. The van der Waals surface area contributed by atoms with Gasteiger partial charge in [0.1, 0.15) is 5.82 Å². The lowest BCUT2D eigenvalue weighted by atomic mass is 9.92. The lowest BCUT2D eigenvalue weighted by Gasteiger charge is -2.14. The quantitative estimate of drug-likeness (QED) is 0.532. The zero-order chi connectivity index (χ0) is 19.2. The van der Waals surface area contributed by atoms with Crippen LogP contribution in [0.5, 0.6) is 0 Å². The molecule has 0 aliphatic carbocycles. The Morgan fingerprint density at radius 1 is 1.15 bits per heavy atom. The van der Waals surface area contributed by atoms with Gasteiger partial charge in [-0.2, -0.15) is 18.2 Å². The van der Waals surface area contributed by atoms with Crippen LogP contribution in [0.25, 0.3) is 0 Å². The van der Waals surface area contributed by atoms with E-state index in [0.29, 0.717) is 25.7 Å². The van der Waals surface area contributed by atoms with Crippen molar-refractivity contribution in [1.29, 1.82) is 0 Å². The number of nitrogens with two attached hydrogens (primary N) is 1. The molecule has 1 amide bonds. The molecule has 1 heterocycles. The number of hydrogen-bond donors (Lipinski definition) is 1. The molecular formula is C17H19F4N3O2. The Morgan fingerprint density at radius 3 is 2.46 bits per heavy atom. The molecule has 1 atom stereocenters. The van der Waals surface area contributed by atoms with Crippen LogP contribution in [-0.4, -0.2) is 16.0 Å². The standard InChI is InChI=1S/C17H19F4N3O2/c18-13-9-6-5-7-11(13)12(15(22)25)8-3-1-2-4-10-14-23-16(26-24-14)17(19,20)21/h5-7,9,12H,1-4,8,10H2,(H2,22,25). The molecule has 2 N–H and O–H groups in total. The summed E-state index contributed by atoms with van der Waals surface area (Å²) in [5.41, 5.74) is 5.65. The summed E-state index contributed by atoms with van der Waals surface area (Å²) in [5, 5.41) is 3.29. The first-order valence-corrected chi connectivity index (χ1v) is 8.22. The van der Waals surface area contributed by atoms with Gasteiger partial charge >= 0.3 is 12.1 Å². The van der Waals surface area contributed by atoms with E-state index in [1.807, 2.05) is 0 Å². The van der Waals surface area contributed by atoms with Crippen molar-refractivity contribution in [2.24, 2.45) is 5.73 Å². The van der Waals surface area contributed by atoms with Crippen LogP contribution in [0.15, 0.2) is 28.8 Å². The average molecular weight is 373 g/mol. The minimum absolute atomic E-state index is 0.0127. The number of amides is 1. The summed E-state index contributed by atoms with van der Waals surface area (Å²) in [6.07, 6.45) is -1.30. The molecule has 1 aromatic heterocycles. The summed E-state index contributed by atoms with van der Waals surface area (Å²) in [7, 11) is 0. The maximum Gasteiger partial charge on any atom is 0.471 e. The van der Waals surface area contributed by atoms with Gasteiger partial charge in [-0.25, -0.2) is 4.39 Å². The predicted octanol–water partition coefficient (Wildman–Crippen LogP) is 3.99. The minimum atomic E-state index is -4.64. The predicted molar refractivity (Wildman–Crippen MR) is 84.4 cm³/mol. The third kappa shape index (κ3) is 5.53. The van der Waals surface area contributed by atoms with Gasteiger partial charge in [-0.3, -0.25) is 4.79 Å². The number of nitrogens with zero attached hydrogens (tertiary/aromatic N) is 2. The fraction of sp³-hybridized carbons (Fsp3) is 0.471. The van der Waals surface area contributed by atoms with E-state index in [1.165, 1.54) is 6.07 Å². The van der Waals surface area contributed by atoms with Crippen molar-refractivity contribution < 1.29 is 26.9 Å². The third-order valence-corrected chi connectivity index (χ3v) is 3.98. The molecule has 0 aliphatic heterocycles. The van der Waals surface area contributed by atoms with Gasteiger partial charge in [-0.1, -0.05) is 42.6 Å². The van der Waals surface area contributed by atoms with Crippen molar-refractivity contribution >= 4 is 5.91 Å². The molecule has 142 valence electrons. The topological polar surface area (TPSA) is 82.0 Å². The highest BCUT2D eigenvalue weighted by molar-refractivity contribution is 5.81. The molecule has 0 saturated heterocycles. The fourth-order valence-electron chi connectivity index (χ4n) is 2.66. The van der Waals surface area contributed by atoms with Gasteiger partial charge in [-0.15, -0.1) is 0 Å². The molecule has 0 bridgehead atoms. The summed E-state index contributed by atoms with van der Waals surface area (Å²) >= 11 is 0. The number of halogens is 4. The zero-order valence-electron chi connectivity index (χ0n) is 13.9. The highest BCUT2D eigenvalue weighted by Crippen LogP contribution is 2.28. The molecule has 1 unspecified atom stereocenters. The molecule has 2 aromatic rings. The van der Waals surface area contributed by atoms with Crippen LogP contribution in [0.3, 0.4) is 0 Å². The van der Waals surface area contributed by atoms with E-state index in [0.717, 1.165) is 6.42 Å². The van der Waals surface area contributed by atoms with Gasteiger partial charge in [0.2, 0.25) is 5.91 Å². The van der Waals surface area contributed by atoms with Crippen molar-refractivity contribution in [2.75, 3.05) is 0 Å². The van der Waals surface area contributed by atoms with Gasteiger partial charge in [-0.05, 0) is 18.9 Å². The Balaban J connectivity index is 1.73. The number of hydrogen-bond acceptors (Lipinski definition) is 4. The van der Waals surface area contributed by atoms with Crippen LogP contribution >= 0.6 is 0 Å². The molecule has 0 radical (unpaired) electrons. The summed E-state index contributed by atoms with van der Waals surface area (Å²) in [6.45, 7) is 0. The zero-order valence-corrected chi connectivity index (χ0v) is 13.9. The lowest BCUT2D eigenvalue weighted by molar-refractivity contribution is -0.159. The highest BCUT2D eigenvalue weighted by Gasteiger charge is 2.38. The van der Waals surface area contributed by atoms with Crippen molar-refractivity contribution in [1.82, 2.24) is 10.1 Å². The van der Waals surface area contributed by atoms with Gasteiger partial charge in [0.05, 0.1) is 5.92 Å². The van der Waals surface area contributed by atoms with E-state index in [1.54, 1.807) is 18.2 Å². The van der Waals surface area contributed by atoms with Gasteiger partial charge in [0, 0.05) is 12.0 Å². The number of carbonyl (C=O) groups is 1. The molecule has 9 heteroatoms. The average Bonchev–Trinajstić information content (AvgIpc) is 3.04. The maximum atomic E-state index is 13.8. The second-order valence-electron chi connectivity index (χ2n) is 5.94. The first-order valence-electron chi connectivity index (χ1n) is 8.22. The summed E-state index contributed by atoms with van der Waals surface area (Å²) in [5.74, 6) is -3.07. The molecule has 5 nitrogen and oxygen atoms in total. The Morgan fingerprint density at radius 2 is 1.85 bits per heavy atom. The van der Waals surface area contributed by atoms with Crippen LogP contribution in [0.2, 0.25) is 0 Å². The first-order chi connectivity index (χ1) is 12.3. The highest BCUT2D eigenvalue weighted by atomic mass is 19.4. The van der Waals surface area contributed by atoms with Crippen LogP contribution in [0.1, 0.15) is 55.3 Å². The second-order valence-corrected chi connectivity index (χ2v) is 5.94. The van der Waals surface area contributed by atoms with Gasteiger partial charge < -0.3 is 10.3 Å². The van der Waals surface area contributed by atoms with Crippen LogP contribution < -0.4 is 5.73 Å². The Kier molecular flexibility index (Phi) is 6.70. The Bertz CT molecular complexity index is 731. The fourth-order valence-corrected chi connectivity index (χ4v) is 2.66. The second kappa shape index (κ2) is 8.77. The molecule has 0 saturated carbocycles. The third-order valence-electron chi connectivity index (χ3n) is 3.98. The van der Waals surface area contributed by atoms with Crippen molar-refractivity contribution in [3.05, 3.63) is 47.4 Å². The largest absolute Gasteiger partial charge is 0.471 e. The molecule has 0 spiro atoms. The van der Waals surface area contributed by atoms with Gasteiger partial charge in [0.25, 0.3) is 0 Å². The SMILES string of the molecule is NC(=O)C(CCCCCCc1noc(C(F)(F)F)n1)c1ccccc1F. The maximum absolute atomic E-state index is 13.8. The van der Waals surface area contributed by atoms with E-state index in [2.05, 4.69) is 14.7 Å². The smallest absolute Gasteiger partial charge is 0.369 e. The van der Waals surface area contributed by atoms with E-state index in [9.17, 15) is 22.4 Å². The van der Waals surface area contributed by atoms with Crippen molar-refractivity contribution in [3.63, 3.8) is 0 Å². The number of alkyl halides is 3. The van der Waals surface area contributed by atoms with Crippen molar-refractivity contribution in [3.8, 4) is 0 Å². The number of benzene rings is 1. The monoisotopic (exact) mass is 373 g/mol. The van der Waals surface area contributed by atoms with Gasteiger partial charge in [0.15, 0.2) is 5.82 Å². The molecule has 0 fully saturated rings. The number of carbonyl (C=O) groups excluding carboxylic acids is 1. The first kappa shape index (κ1) is 19.9. The summed E-state index contributed by atoms with van der Waals surface area (Å²) in [6, 6.07) is 6.01. The normalized spacial score (nSPS) is 12.9. The van der Waals surface area contributed by atoms with Crippen LogP contribution in [0, 0.1) is 5.82 Å². The van der Waals surface area contributed by atoms with Crippen LogP contribution in [-0.2, 0) is 17.4 Å². The van der Waals surface area contributed by atoms with E-state index in [-0.39, 0.29) is 17.8 Å². The Hall–Kier alpha value is -2.45. The lowest BCUT2D eigenvalue weighted by Crippen LogP contribution is -2.22. The number of primary amides is 1. The van der Waals surface area contributed by atoms with Crippen LogP contribution in [0.4, 0.5) is 17.6 Å². The summed E-state index contributed by atoms with van der Waals surface area (Å²) < 4.78 is 55.0. The molecule has 26 heavy (non-hydrogen) atoms. The van der Waals surface area contributed by atoms with E-state index < -0.39 is 29.7 Å². The summed E-state index contributed by atoms with van der Waals surface area (Å²) in [4.78, 5) is 14.9. The Labute approximate surface area is 147 Å². The van der Waals surface area contributed by atoms with Crippen molar-refractivity contribution in [2.45, 2.75) is 50.6 Å². The number of rotatable bonds is 9. The van der Waals surface area contributed by atoms with E-state index >= 15 is 0 Å². The molecule has 2 rings (SSSR count). The number of aromatic nitrogens is 2. The number of aryl methyl sites for hydroxylation is 1. The minimum Gasteiger partial charge on any atom is -0.369 e. The van der Waals surface area contributed by atoms with E-state index in [4.69, 9.17) is 5.73 Å².